The molecular formula is C13H19NO5S. The quantitative estimate of drug-likeness (QED) is 0.736. The lowest BCUT2D eigenvalue weighted by atomic mass is 10.2. The highest BCUT2D eigenvalue weighted by Crippen LogP contribution is 2.13. The predicted molar refractivity (Wildman–Crippen MR) is 75.8 cm³/mol. The molecule has 0 saturated carbocycles. The third-order valence-electron chi connectivity index (χ3n) is 2.53. The molecule has 1 rings (SSSR count). The van der Waals surface area contributed by atoms with E-state index >= 15 is 0 Å². The van der Waals surface area contributed by atoms with Crippen molar-refractivity contribution >= 4 is 21.7 Å². The number of benzene rings is 1. The molecule has 0 unspecified atom stereocenters. The number of hydrogen-bond donors (Lipinski definition) is 1. The first-order valence-electron chi connectivity index (χ1n) is 6.12. The van der Waals surface area contributed by atoms with E-state index in [4.69, 9.17) is 4.74 Å². The Morgan fingerprint density at radius 1 is 1.30 bits per heavy atom. The molecule has 0 radical (unpaired) electrons. The van der Waals surface area contributed by atoms with Crippen LogP contribution < -0.4 is 4.72 Å². The van der Waals surface area contributed by atoms with E-state index < -0.39 is 16.0 Å². The number of rotatable bonds is 8. The number of carbonyl (C=O) groups excluding carboxylic acids is 1. The minimum absolute atomic E-state index is 0.0844. The topological polar surface area (TPSA) is 81.7 Å². The first-order chi connectivity index (χ1) is 9.46. The number of sulfonamides is 1. The molecule has 0 saturated heterocycles. The summed E-state index contributed by atoms with van der Waals surface area (Å²) in [6.07, 6.45) is 0.306. The van der Waals surface area contributed by atoms with Crippen LogP contribution in [0.15, 0.2) is 24.3 Å². The lowest BCUT2D eigenvalue weighted by Crippen LogP contribution is -2.17. The molecule has 0 aromatic heterocycles. The third kappa shape index (κ3) is 6.03. The summed E-state index contributed by atoms with van der Waals surface area (Å²) in [7, 11) is -0.622. The maximum absolute atomic E-state index is 11.8. The van der Waals surface area contributed by atoms with Crippen LogP contribution in [0.1, 0.15) is 18.4 Å². The molecule has 0 amide bonds. The maximum atomic E-state index is 11.8. The molecule has 0 bridgehead atoms. The summed E-state index contributed by atoms with van der Waals surface area (Å²) >= 11 is 0. The van der Waals surface area contributed by atoms with Crippen molar-refractivity contribution in [2.75, 3.05) is 24.7 Å². The lowest BCUT2D eigenvalue weighted by molar-refractivity contribution is -0.140. The molecule has 1 N–H and O–H groups in total. The summed E-state index contributed by atoms with van der Waals surface area (Å²) in [5, 5.41) is 0. The van der Waals surface area contributed by atoms with Crippen LogP contribution in [0.5, 0.6) is 0 Å². The zero-order valence-electron chi connectivity index (χ0n) is 11.6. The van der Waals surface area contributed by atoms with Gasteiger partial charge in [0, 0.05) is 19.2 Å². The van der Waals surface area contributed by atoms with Crippen molar-refractivity contribution in [2.24, 2.45) is 0 Å². The minimum atomic E-state index is -3.47. The first kappa shape index (κ1) is 16.5. The van der Waals surface area contributed by atoms with E-state index in [0.717, 1.165) is 5.56 Å². The van der Waals surface area contributed by atoms with E-state index in [1.807, 2.05) is 6.07 Å². The number of ether oxygens (including phenoxy) is 2. The molecule has 20 heavy (non-hydrogen) atoms. The van der Waals surface area contributed by atoms with E-state index in [-0.39, 0.29) is 18.6 Å². The van der Waals surface area contributed by atoms with E-state index in [0.29, 0.717) is 12.3 Å². The molecule has 0 atom stereocenters. The molecule has 112 valence electrons. The van der Waals surface area contributed by atoms with Gasteiger partial charge in [-0.05, 0) is 24.1 Å². The van der Waals surface area contributed by atoms with Gasteiger partial charge in [0.1, 0.15) is 0 Å². The van der Waals surface area contributed by atoms with Gasteiger partial charge < -0.3 is 9.47 Å². The molecule has 0 aliphatic carbocycles. The van der Waals surface area contributed by atoms with Crippen LogP contribution in [0.2, 0.25) is 0 Å². The summed E-state index contributed by atoms with van der Waals surface area (Å²) in [5.74, 6) is -0.543. The number of nitrogens with one attached hydrogen (secondary N) is 1. The lowest BCUT2D eigenvalue weighted by Gasteiger charge is -2.09. The van der Waals surface area contributed by atoms with Gasteiger partial charge in [0.25, 0.3) is 0 Å². The summed E-state index contributed by atoms with van der Waals surface area (Å²) in [5.41, 5.74) is 1.36. The molecule has 1 aromatic carbocycles. The molecule has 0 aliphatic rings. The Morgan fingerprint density at radius 2 is 2.05 bits per heavy atom. The summed E-state index contributed by atoms with van der Waals surface area (Å²) in [6, 6.07) is 6.97. The van der Waals surface area contributed by atoms with Crippen molar-refractivity contribution in [3.05, 3.63) is 29.8 Å². The highest BCUT2D eigenvalue weighted by Gasteiger charge is 2.12. The highest BCUT2D eigenvalue weighted by molar-refractivity contribution is 7.92. The monoisotopic (exact) mass is 301 g/mol. The fraction of sp³-hybridized carbons (Fsp3) is 0.462. The van der Waals surface area contributed by atoms with E-state index in [1.165, 1.54) is 7.11 Å². The molecule has 6 nitrogen and oxygen atoms in total. The Morgan fingerprint density at radius 3 is 2.70 bits per heavy atom. The Bertz CT molecular complexity index is 541. The van der Waals surface area contributed by atoms with Gasteiger partial charge in [0.2, 0.25) is 10.0 Å². The molecule has 0 spiro atoms. The van der Waals surface area contributed by atoms with Crippen LogP contribution in [-0.4, -0.2) is 34.4 Å². The van der Waals surface area contributed by atoms with Gasteiger partial charge in [0.15, 0.2) is 0 Å². The van der Waals surface area contributed by atoms with Gasteiger partial charge in [-0.15, -0.1) is 0 Å². The van der Waals surface area contributed by atoms with Crippen molar-refractivity contribution in [3.63, 3.8) is 0 Å². The van der Waals surface area contributed by atoms with Gasteiger partial charge >= 0.3 is 5.97 Å². The molecule has 1 aromatic rings. The number of hydrogen-bond acceptors (Lipinski definition) is 5. The standard InChI is InChI=1S/C13H19NO5S/c1-18-10-11-5-3-6-12(9-11)14-20(16,17)8-4-7-13(15)19-2/h3,5-6,9,14H,4,7-8,10H2,1-2H3. The molecule has 0 fully saturated rings. The molecule has 0 heterocycles. The average Bonchev–Trinajstić information content (AvgIpc) is 2.38. The largest absolute Gasteiger partial charge is 0.469 e. The number of carbonyl (C=O) groups is 1. The average molecular weight is 301 g/mol. The second-order valence-corrected chi connectivity index (χ2v) is 6.08. The van der Waals surface area contributed by atoms with Crippen molar-refractivity contribution < 1.29 is 22.7 Å². The fourth-order valence-corrected chi connectivity index (χ4v) is 2.74. The van der Waals surface area contributed by atoms with Crippen LogP contribution in [0.3, 0.4) is 0 Å². The van der Waals surface area contributed by atoms with Crippen LogP contribution in [0, 0.1) is 0 Å². The molecular weight excluding hydrogens is 282 g/mol. The van der Waals surface area contributed by atoms with Gasteiger partial charge in [-0.2, -0.15) is 0 Å². The summed E-state index contributed by atoms with van der Waals surface area (Å²) in [6.45, 7) is 0.415. The third-order valence-corrected chi connectivity index (χ3v) is 3.91. The van der Waals surface area contributed by atoms with Gasteiger partial charge in [-0.25, -0.2) is 8.42 Å². The zero-order chi connectivity index (χ0) is 15.0. The second kappa shape index (κ2) is 7.86. The number of methoxy groups -OCH3 is 2. The molecule has 7 heteroatoms. The minimum Gasteiger partial charge on any atom is -0.469 e. The summed E-state index contributed by atoms with van der Waals surface area (Å²) in [4.78, 5) is 10.9. The van der Waals surface area contributed by atoms with E-state index in [2.05, 4.69) is 9.46 Å². The van der Waals surface area contributed by atoms with Gasteiger partial charge in [-0.3, -0.25) is 9.52 Å². The van der Waals surface area contributed by atoms with Gasteiger partial charge in [0.05, 0.1) is 19.5 Å². The molecule has 0 aliphatic heterocycles. The zero-order valence-corrected chi connectivity index (χ0v) is 12.4. The van der Waals surface area contributed by atoms with E-state index in [1.54, 1.807) is 25.3 Å². The first-order valence-corrected chi connectivity index (χ1v) is 7.77. The highest BCUT2D eigenvalue weighted by atomic mass is 32.2. The number of anilines is 1. The fourth-order valence-electron chi connectivity index (χ4n) is 1.63. The Kier molecular flexibility index (Phi) is 6.47. The van der Waals surface area contributed by atoms with E-state index in [9.17, 15) is 13.2 Å². The summed E-state index contributed by atoms with van der Waals surface area (Å²) < 4.78 is 35.6. The maximum Gasteiger partial charge on any atom is 0.305 e. The predicted octanol–water partition coefficient (Wildman–Crippen LogP) is 1.53. The van der Waals surface area contributed by atoms with Crippen LogP contribution in [-0.2, 0) is 30.9 Å². The van der Waals surface area contributed by atoms with Crippen molar-refractivity contribution in [2.45, 2.75) is 19.4 Å². The van der Waals surface area contributed by atoms with Gasteiger partial charge in [-0.1, -0.05) is 12.1 Å². The van der Waals surface area contributed by atoms with Crippen molar-refractivity contribution in [1.82, 2.24) is 0 Å². The van der Waals surface area contributed by atoms with Crippen molar-refractivity contribution in [3.8, 4) is 0 Å². The Balaban J connectivity index is 2.57. The smallest absolute Gasteiger partial charge is 0.305 e. The Labute approximate surface area is 119 Å². The SMILES string of the molecule is COCc1cccc(NS(=O)(=O)CCCC(=O)OC)c1. The van der Waals surface area contributed by atoms with Crippen LogP contribution >= 0.6 is 0 Å². The van der Waals surface area contributed by atoms with Crippen molar-refractivity contribution in [1.29, 1.82) is 0 Å². The number of esters is 1. The normalized spacial score (nSPS) is 11.1. The Hall–Kier alpha value is -1.60. The second-order valence-electron chi connectivity index (χ2n) is 4.23. The van der Waals surface area contributed by atoms with Crippen LogP contribution in [0.25, 0.3) is 0 Å². The van der Waals surface area contributed by atoms with Crippen LogP contribution in [0.4, 0.5) is 5.69 Å².